The van der Waals surface area contributed by atoms with E-state index in [0.717, 1.165) is 32.2 Å². The van der Waals surface area contributed by atoms with E-state index in [4.69, 9.17) is 4.42 Å². The average Bonchev–Trinajstić information content (AvgIpc) is 3.12. The predicted octanol–water partition coefficient (Wildman–Crippen LogP) is 2.10. The first-order chi connectivity index (χ1) is 11.5. The highest BCUT2D eigenvalue weighted by molar-refractivity contribution is 5.96. The third-order valence-corrected chi connectivity index (χ3v) is 5.53. The second-order valence-corrected chi connectivity index (χ2v) is 7.06. The van der Waals surface area contributed by atoms with Crippen LogP contribution in [0.4, 0.5) is 0 Å². The Kier molecular flexibility index (Phi) is 3.37. The number of fused-ring (bicyclic) bond motifs is 2. The normalized spacial score (nSPS) is 22.8. The van der Waals surface area contributed by atoms with Crippen molar-refractivity contribution >= 4 is 5.91 Å². The van der Waals surface area contributed by atoms with E-state index in [1.165, 1.54) is 17.3 Å². The lowest BCUT2D eigenvalue weighted by Crippen LogP contribution is -2.48. The van der Waals surface area contributed by atoms with Crippen LogP contribution in [0.15, 0.2) is 21.5 Å². The van der Waals surface area contributed by atoms with Gasteiger partial charge in [0, 0.05) is 30.3 Å². The minimum absolute atomic E-state index is 0.00281. The van der Waals surface area contributed by atoms with Crippen LogP contribution in [0.1, 0.15) is 52.2 Å². The number of amides is 1. The summed E-state index contributed by atoms with van der Waals surface area (Å²) in [6.45, 7) is 4.91. The lowest BCUT2D eigenvalue weighted by Gasteiger charge is -2.40. The lowest BCUT2D eigenvalue weighted by molar-refractivity contribution is 0.0628. The van der Waals surface area contributed by atoms with Gasteiger partial charge >= 0.3 is 5.63 Å². The number of aromatic amines is 1. The van der Waals surface area contributed by atoms with Gasteiger partial charge in [-0.3, -0.25) is 9.89 Å². The molecular weight excluding hydrogens is 306 g/mol. The maximum atomic E-state index is 13.1. The van der Waals surface area contributed by atoms with E-state index in [1.807, 2.05) is 11.1 Å². The van der Waals surface area contributed by atoms with Crippen LogP contribution in [0.3, 0.4) is 0 Å². The van der Waals surface area contributed by atoms with Gasteiger partial charge in [-0.1, -0.05) is 0 Å². The van der Waals surface area contributed by atoms with E-state index >= 15 is 0 Å². The number of rotatable bonds is 1. The molecule has 1 unspecified atom stereocenters. The summed E-state index contributed by atoms with van der Waals surface area (Å²) in [6.07, 6.45) is 6.03. The molecule has 1 fully saturated rings. The summed E-state index contributed by atoms with van der Waals surface area (Å²) in [6, 6.07) is 1.39. The number of nitrogens with one attached hydrogen (secondary N) is 1. The van der Waals surface area contributed by atoms with E-state index in [1.54, 1.807) is 13.8 Å². The Hall–Kier alpha value is -2.37. The number of piperidine rings is 1. The van der Waals surface area contributed by atoms with Crippen molar-refractivity contribution in [1.82, 2.24) is 15.1 Å². The van der Waals surface area contributed by atoms with Gasteiger partial charge in [-0.05, 0) is 50.7 Å². The summed E-state index contributed by atoms with van der Waals surface area (Å²) < 4.78 is 5.14. The summed E-state index contributed by atoms with van der Waals surface area (Å²) in [7, 11) is 0. The summed E-state index contributed by atoms with van der Waals surface area (Å²) in [5, 5.41) is 7.34. The average molecular weight is 327 g/mol. The van der Waals surface area contributed by atoms with E-state index in [-0.39, 0.29) is 11.3 Å². The molecule has 126 valence electrons. The molecule has 4 rings (SSSR count). The van der Waals surface area contributed by atoms with Gasteiger partial charge in [-0.25, -0.2) is 4.79 Å². The Morgan fingerprint density at radius 3 is 3.00 bits per heavy atom. The zero-order valence-corrected chi connectivity index (χ0v) is 14.0. The highest BCUT2D eigenvalue weighted by Crippen LogP contribution is 2.44. The summed E-state index contributed by atoms with van der Waals surface area (Å²) in [5.74, 6) is 0.360. The first-order valence-electron chi connectivity index (χ1n) is 8.43. The number of nitrogens with zero attached hydrogens (tertiary/aromatic N) is 2. The molecule has 2 aromatic rings. The molecule has 0 aromatic carbocycles. The van der Waals surface area contributed by atoms with E-state index in [0.29, 0.717) is 23.4 Å². The summed E-state index contributed by atoms with van der Waals surface area (Å²) in [5.41, 5.74) is 3.28. The molecule has 0 radical (unpaired) electrons. The van der Waals surface area contributed by atoms with Crippen LogP contribution in [0.2, 0.25) is 0 Å². The molecule has 1 spiro atoms. The number of aromatic nitrogens is 2. The molecule has 1 saturated heterocycles. The SMILES string of the molecule is Cc1cc(=O)oc(C)c1C(=O)N1CCCC2(CCc3cn[nH]c32)C1. The molecule has 1 aliphatic carbocycles. The maximum Gasteiger partial charge on any atom is 0.336 e. The molecule has 0 saturated carbocycles. The fourth-order valence-electron chi connectivity index (χ4n) is 4.41. The second kappa shape index (κ2) is 5.33. The van der Waals surface area contributed by atoms with Crippen molar-refractivity contribution in [2.24, 2.45) is 0 Å². The Morgan fingerprint density at radius 2 is 2.21 bits per heavy atom. The largest absolute Gasteiger partial charge is 0.427 e. The Morgan fingerprint density at radius 1 is 1.38 bits per heavy atom. The zero-order valence-electron chi connectivity index (χ0n) is 14.0. The minimum atomic E-state index is -0.408. The van der Waals surface area contributed by atoms with Gasteiger partial charge in [0.2, 0.25) is 0 Å². The van der Waals surface area contributed by atoms with E-state index < -0.39 is 5.63 Å². The van der Waals surface area contributed by atoms with E-state index in [2.05, 4.69) is 10.2 Å². The van der Waals surface area contributed by atoms with Crippen molar-refractivity contribution in [3.63, 3.8) is 0 Å². The highest BCUT2D eigenvalue weighted by atomic mass is 16.4. The molecule has 2 aromatic heterocycles. The quantitative estimate of drug-likeness (QED) is 0.870. The van der Waals surface area contributed by atoms with Gasteiger partial charge in [0.15, 0.2) is 0 Å². The van der Waals surface area contributed by atoms with E-state index in [9.17, 15) is 9.59 Å². The van der Waals surface area contributed by atoms with Crippen LogP contribution in [-0.2, 0) is 11.8 Å². The molecule has 1 atom stereocenters. The topological polar surface area (TPSA) is 79.2 Å². The molecule has 3 heterocycles. The molecule has 2 aliphatic rings. The number of H-pyrrole nitrogens is 1. The van der Waals surface area contributed by atoms with Crippen LogP contribution in [0.25, 0.3) is 0 Å². The number of carbonyl (C=O) groups excluding carboxylic acids is 1. The standard InChI is InChI=1S/C18H21N3O3/c1-11-8-14(22)24-12(2)15(11)17(23)21-7-3-5-18(10-21)6-4-13-9-19-20-16(13)18/h8-9H,3-7,10H2,1-2H3,(H,19,20). The first-order valence-corrected chi connectivity index (χ1v) is 8.43. The second-order valence-electron chi connectivity index (χ2n) is 7.06. The van der Waals surface area contributed by atoms with Gasteiger partial charge < -0.3 is 9.32 Å². The third-order valence-electron chi connectivity index (χ3n) is 5.53. The highest BCUT2D eigenvalue weighted by Gasteiger charge is 2.44. The molecule has 0 bridgehead atoms. The van der Waals surface area contributed by atoms with Crippen LogP contribution in [0.5, 0.6) is 0 Å². The number of hydrogen-bond donors (Lipinski definition) is 1. The first kappa shape index (κ1) is 15.2. The van der Waals surface area contributed by atoms with Crippen molar-refractivity contribution in [1.29, 1.82) is 0 Å². The molecule has 6 nitrogen and oxygen atoms in total. The number of likely N-dealkylation sites (tertiary alicyclic amines) is 1. The number of carbonyl (C=O) groups is 1. The van der Waals surface area contributed by atoms with Crippen molar-refractivity contribution in [3.05, 3.63) is 50.8 Å². The Balaban J connectivity index is 1.66. The molecule has 1 amide bonds. The Bertz CT molecular complexity index is 840. The zero-order chi connectivity index (χ0) is 16.9. The predicted molar refractivity (Wildman–Crippen MR) is 88.2 cm³/mol. The van der Waals surface area contributed by atoms with Gasteiger partial charge in [0.1, 0.15) is 5.76 Å². The van der Waals surface area contributed by atoms with Crippen LogP contribution < -0.4 is 5.63 Å². The van der Waals surface area contributed by atoms with Gasteiger partial charge in [0.05, 0.1) is 11.8 Å². The molecule has 24 heavy (non-hydrogen) atoms. The van der Waals surface area contributed by atoms with Gasteiger partial charge in [0.25, 0.3) is 5.91 Å². The fourth-order valence-corrected chi connectivity index (χ4v) is 4.41. The van der Waals surface area contributed by atoms with Gasteiger partial charge in [-0.15, -0.1) is 0 Å². The van der Waals surface area contributed by atoms with Crippen molar-refractivity contribution in [2.45, 2.75) is 44.9 Å². The molecule has 6 heteroatoms. The monoisotopic (exact) mass is 327 g/mol. The van der Waals surface area contributed by atoms with Crippen LogP contribution >= 0.6 is 0 Å². The Labute approximate surface area is 139 Å². The van der Waals surface area contributed by atoms with Crippen LogP contribution in [-0.4, -0.2) is 34.1 Å². The van der Waals surface area contributed by atoms with Crippen molar-refractivity contribution in [3.8, 4) is 0 Å². The number of aryl methyl sites for hydroxylation is 3. The van der Waals surface area contributed by atoms with Crippen molar-refractivity contribution in [2.75, 3.05) is 13.1 Å². The fraction of sp³-hybridized carbons (Fsp3) is 0.500. The third kappa shape index (κ3) is 2.20. The van der Waals surface area contributed by atoms with Gasteiger partial charge in [-0.2, -0.15) is 5.10 Å². The maximum absolute atomic E-state index is 13.1. The summed E-state index contributed by atoms with van der Waals surface area (Å²) >= 11 is 0. The molecular formula is C18H21N3O3. The molecule has 1 aliphatic heterocycles. The number of hydrogen-bond acceptors (Lipinski definition) is 4. The molecule has 1 N–H and O–H groups in total. The summed E-state index contributed by atoms with van der Waals surface area (Å²) in [4.78, 5) is 26.5. The minimum Gasteiger partial charge on any atom is -0.427 e. The lowest BCUT2D eigenvalue weighted by atomic mass is 9.77. The van der Waals surface area contributed by atoms with Crippen LogP contribution in [0, 0.1) is 13.8 Å². The van der Waals surface area contributed by atoms with Crippen molar-refractivity contribution < 1.29 is 9.21 Å². The smallest absolute Gasteiger partial charge is 0.336 e.